The van der Waals surface area contributed by atoms with Gasteiger partial charge in [0.15, 0.2) is 0 Å². The average Bonchev–Trinajstić information content (AvgIpc) is 2.97. The summed E-state index contributed by atoms with van der Waals surface area (Å²) in [5, 5.41) is 13.9. The Balaban J connectivity index is 2.44. The summed E-state index contributed by atoms with van der Waals surface area (Å²) in [4.78, 5) is 22.8. The van der Waals surface area contributed by atoms with E-state index in [4.69, 9.17) is 0 Å². The molecule has 0 aliphatic heterocycles. The molecule has 1 aromatic carbocycles. The lowest BCUT2D eigenvalue weighted by molar-refractivity contribution is -0.385. The summed E-state index contributed by atoms with van der Waals surface area (Å²) in [6, 6.07) is 3.08. The lowest BCUT2D eigenvalue weighted by Gasteiger charge is -2.09. The number of ether oxygens (including phenoxy) is 1. The van der Waals surface area contributed by atoms with Crippen molar-refractivity contribution in [3.05, 3.63) is 51.1 Å². The number of rotatable bonds is 6. The predicted octanol–water partition coefficient (Wildman–Crippen LogP) is 2.95. The van der Waals surface area contributed by atoms with Crippen LogP contribution in [0.5, 0.6) is 0 Å². The molecule has 1 heterocycles. The number of nitrogens with zero attached hydrogens (tertiary/aromatic N) is 4. The zero-order valence-corrected chi connectivity index (χ0v) is 12.9. The van der Waals surface area contributed by atoms with Crippen LogP contribution in [0.3, 0.4) is 0 Å². The van der Waals surface area contributed by atoms with E-state index >= 15 is 0 Å². The number of benzene rings is 1. The number of alkyl halides is 6. The van der Waals surface area contributed by atoms with Gasteiger partial charge in [0.05, 0.1) is 17.0 Å². The zero-order chi connectivity index (χ0) is 20.4. The second kappa shape index (κ2) is 7.20. The molecule has 0 bridgehead atoms. The summed E-state index contributed by atoms with van der Waals surface area (Å²) in [6.45, 7) is -1.27. The van der Waals surface area contributed by atoms with Crippen LogP contribution < -0.4 is 0 Å². The Morgan fingerprint density at radius 2 is 1.85 bits per heavy atom. The highest BCUT2D eigenvalue weighted by atomic mass is 19.4. The SMILES string of the molecule is O=COCc1ccc(Cn2nc(C(F)(F)F)nc2C(F)(F)F)cc1[N+](=O)[O-]. The second-order valence-electron chi connectivity index (χ2n) is 5.04. The first kappa shape index (κ1) is 20.1. The quantitative estimate of drug-likeness (QED) is 0.321. The molecule has 0 saturated carbocycles. The maximum absolute atomic E-state index is 12.9. The predicted molar refractivity (Wildman–Crippen MR) is 73.1 cm³/mol. The maximum atomic E-state index is 12.9. The highest BCUT2D eigenvalue weighted by Crippen LogP contribution is 2.33. The van der Waals surface area contributed by atoms with Crippen LogP contribution >= 0.6 is 0 Å². The van der Waals surface area contributed by atoms with Crippen LogP contribution in [0, 0.1) is 10.1 Å². The van der Waals surface area contributed by atoms with Gasteiger partial charge in [-0.15, -0.1) is 5.10 Å². The number of nitro benzene ring substituents is 1. The molecular weight excluding hydrogens is 390 g/mol. The molecule has 0 atom stereocenters. The summed E-state index contributed by atoms with van der Waals surface area (Å²) < 4.78 is 80.9. The lowest BCUT2D eigenvalue weighted by atomic mass is 10.1. The minimum atomic E-state index is -5.22. The fourth-order valence-electron chi connectivity index (χ4n) is 2.08. The van der Waals surface area contributed by atoms with Gasteiger partial charge >= 0.3 is 12.4 Å². The monoisotopic (exact) mass is 398 g/mol. The molecule has 0 amide bonds. The molecule has 0 spiro atoms. The molecule has 2 aromatic rings. The van der Waals surface area contributed by atoms with Gasteiger partial charge in [-0.3, -0.25) is 14.9 Å². The van der Waals surface area contributed by atoms with Gasteiger partial charge in [-0.2, -0.15) is 31.3 Å². The smallest absolute Gasteiger partial charge is 0.453 e. The van der Waals surface area contributed by atoms with E-state index in [9.17, 15) is 41.3 Å². The number of nitro groups is 1. The second-order valence-corrected chi connectivity index (χ2v) is 5.04. The van der Waals surface area contributed by atoms with E-state index in [0.717, 1.165) is 18.2 Å². The van der Waals surface area contributed by atoms with Gasteiger partial charge in [-0.05, 0) is 11.6 Å². The average molecular weight is 398 g/mol. The van der Waals surface area contributed by atoms with Gasteiger partial charge in [0.1, 0.15) is 6.61 Å². The van der Waals surface area contributed by atoms with Gasteiger partial charge in [-0.25, -0.2) is 4.68 Å². The first-order chi connectivity index (χ1) is 12.4. The van der Waals surface area contributed by atoms with Crippen LogP contribution in [0.1, 0.15) is 22.8 Å². The molecule has 146 valence electrons. The molecule has 0 saturated heterocycles. The summed E-state index contributed by atoms with van der Waals surface area (Å²) in [6.07, 6.45) is -10.4. The lowest BCUT2D eigenvalue weighted by Crippen LogP contribution is -2.16. The molecule has 27 heavy (non-hydrogen) atoms. The number of aromatic nitrogens is 3. The number of halogens is 6. The van der Waals surface area contributed by atoms with Gasteiger partial charge < -0.3 is 4.74 Å². The van der Waals surface area contributed by atoms with Crippen LogP contribution in [0.4, 0.5) is 32.0 Å². The Hall–Kier alpha value is -3.19. The van der Waals surface area contributed by atoms with Crippen LogP contribution in [0.2, 0.25) is 0 Å². The first-order valence-corrected chi connectivity index (χ1v) is 6.84. The summed E-state index contributed by atoms with van der Waals surface area (Å²) in [7, 11) is 0. The van der Waals surface area contributed by atoms with Crippen molar-refractivity contribution in [1.29, 1.82) is 0 Å². The zero-order valence-electron chi connectivity index (χ0n) is 12.9. The number of carbonyl (C=O) groups excluding carboxylic acids is 1. The normalized spacial score (nSPS) is 12.1. The summed E-state index contributed by atoms with van der Waals surface area (Å²) in [5.74, 6) is -3.88. The standard InChI is InChI=1S/C13H8F6N4O4/c14-12(15,16)10-20-11(13(17,18)19)22(21-10)4-7-1-2-8(5-27-6-24)9(3-7)23(25)26/h1-3,6H,4-5H2. The van der Waals surface area contributed by atoms with Crippen LogP contribution in [-0.2, 0) is 35.0 Å². The largest absolute Gasteiger partial charge is 0.463 e. The van der Waals surface area contributed by atoms with Crippen molar-refractivity contribution in [3.63, 3.8) is 0 Å². The van der Waals surface area contributed by atoms with Crippen molar-refractivity contribution in [1.82, 2.24) is 14.8 Å². The van der Waals surface area contributed by atoms with Crippen molar-refractivity contribution in [3.8, 4) is 0 Å². The van der Waals surface area contributed by atoms with Crippen molar-refractivity contribution >= 4 is 12.2 Å². The van der Waals surface area contributed by atoms with Crippen molar-refractivity contribution in [2.45, 2.75) is 25.5 Å². The molecule has 1 aromatic heterocycles. The molecule has 0 fully saturated rings. The van der Waals surface area contributed by atoms with E-state index in [2.05, 4.69) is 14.8 Å². The molecule has 0 N–H and O–H groups in total. The van der Waals surface area contributed by atoms with E-state index < -0.39 is 47.8 Å². The van der Waals surface area contributed by atoms with Gasteiger partial charge in [0.2, 0.25) is 5.82 Å². The minimum Gasteiger partial charge on any atom is -0.463 e. The third kappa shape index (κ3) is 4.71. The Bertz CT molecular complexity index is 861. The molecular formula is C13H8F6N4O4. The highest BCUT2D eigenvalue weighted by Gasteiger charge is 2.44. The Morgan fingerprint density at radius 1 is 1.19 bits per heavy atom. The van der Waals surface area contributed by atoms with Crippen LogP contribution in [-0.4, -0.2) is 26.2 Å². The fourth-order valence-corrected chi connectivity index (χ4v) is 2.08. The van der Waals surface area contributed by atoms with Gasteiger partial charge in [0.25, 0.3) is 18.0 Å². The summed E-state index contributed by atoms with van der Waals surface area (Å²) >= 11 is 0. The van der Waals surface area contributed by atoms with Crippen molar-refractivity contribution < 1.29 is 40.8 Å². The van der Waals surface area contributed by atoms with Crippen LogP contribution in [0.15, 0.2) is 18.2 Å². The van der Waals surface area contributed by atoms with Gasteiger partial charge in [-0.1, -0.05) is 6.07 Å². The molecule has 2 rings (SSSR count). The topological polar surface area (TPSA) is 100 Å². The van der Waals surface area contributed by atoms with E-state index in [1.165, 1.54) is 0 Å². The highest BCUT2D eigenvalue weighted by molar-refractivity contribution is 5.45. The fraction of sp³-hybridized carbons (Fsp3) is 0.308. The molecule has 0 aliphatic rings. The number of hydrogen-bond acceptors (Lipinski definition) is 6. The van der Waals surface area contributed by atoms with E-state index in [-0.39, 0.29) is 22.3 Å². The molecule has 0 radical (unpaired) electrons. The van der Waals surface area contributed by atoms with E-state index in [1.807, 2.05) is 0 Å². The third-order valence-corrected chi connectivity index (χ3v) is 3.16. The van der Waals surface area contributed by atoms with Gasteiger partial charge in [0, 0.05) is 6.07 Å². The number of carbonyl (C=O) groups is 1. The minimum absolute atomic E-state index is 0.0382. The van der Waals surface area contributed by atoms with Crippen molar-refractivity contribution in [2.24, 2.45) is 0 Å². The Labute approximate surface area is 145 Å². The van der Waals surface area contributed by atoms with E-state index in [1.54, 1.807) is 0 Å². The Kier molecular flexibility index (Phi) is 5.37. The first-order valence-electron chi connectivity index (χ1n) is 6.84. The Morgan fingerprint density at radius 3 is 2.37 bits per heavy atom. The molecule has 8 nitrogen and oxygen atoms in total. The van der Waals surface area contributed by atoms with Crippen LogP contribution in [0.25, 0.3) is 0 Å². The molecule has 0 unspecified atom stereocenters. The molecule has 14 heteroatoms. The maximum Gasteiger partial charge on any atom is 0.453 e. The van der Waals surface area contributed by atoms with E-state index in [0.29, 0.717) is 0 Å². The van der Waals surface area contributed by atoms with Crippen molar-refractivity contribution in [2.75, 3.05) is 0 Å². The number of hydrogen-bond donors (Lipinski definition) is 0. The third-order valence-electron chi connectivity index (χ3n) is 3.16. The molecule has 0 aliphatic carbocycles. The summed E-state index contributed by atoms with van der Waals surface area (Å²) in [5.41, 5.74) is -0.777.